The van der Waals surface area contributed by atoms with Gasteiger partial charge in [-0.05, 0) is 47.3 Å². The molecule has 0 bridgehead atoms. The minimum atomic E-state index is -0.542. The fraction of sp³-hybridized carbons (Fsp3) is 0.462. The number of hydrogen-bond acceptors (Lipinski definition) is 3. The maximum atomic E-state index is 11.6. The van der Waals surface area contributed by atoms with E-state index in [0.717, 1.165) is 21.4 Å². The predicted octanol–water partition coefficient (Wildman–Crippen LogP) is 2.39. The van der Waals surface area contributed by atoms with E-state index in [1.807, 2.05) is 12.1 Å². The molecule has 3 N–H and O–H groups in total. The van der Waals surface area contributed by atoms with Crippen molar-refractivity contribution in [2.24, 2.45) is 5.73 Å². The van der Waals surface area contributed by atoms with Crippen molar-refractivity contribution in [1.82, 2.24) is 0 Å². The van der Waals surface area contributed by atoms with E-state index in [1.165, 1.54) is 19.3 Å². The second-order valence-electron chi connectivity index (χ2n) is 5.05. The van der Waals surface area contributed by atoms with Crippen LogP contribution in [-0.4, -0.2) is 19.0 Å². The molecule has 0 radical (unpaired) electrons. The van der Waals surface area contributed by atoms with Crippen LogP contribution in [0.5, 0.6) is 0 Å². The molecule has 1 saturated carbocycles. The summed E-state index contributed by atoms with van der Waals surface area (Å²) in [4.78, 5) is 13.8. The van der Waals surface area contributed by atoms with E-state index >= 15 is 0 Å². The molecule has 96 valence electrons. The third-order valence-electron chi connectivity index (χ3n) is 4.00. The average molecular weight is 310 g/mol. The minimum Gasteiger partial charge on any atom is -0.371 e. The number of hydrogen-bond donors (Lipinski definition) is 2. The Morgan fingerprint density at radius 3 is 2.78 bits per heavy atom. The Hall–Kier alpha value is -1.07. The van der Waals surface area contributed by atoms with Crippen LogP contribution >= 0.6 is 15.9 Å². The Kier molecular flexibility index (Phi) is 2.83. The molecule has 1 unspecified atom stereocenters. The van der Waals surface area contributed by atoms with E-state index in [4.69, 9.17) is 5.73 Å². The molecule has 1 aliphatic carbocycles. The predicted molar refractivity (Wildman–Crippen MR) is 75.7 cm³/mol. The van der Waals surface area contributed by atoms with Gasteiger partial charge in [0.05, 0.1) is 5.69 Å². The number of nitrogens with one attached hydrogen (secondary N) is 1. The number of nitrogens with two attached hydrogens (primary N) is 1. The molecule has 1 fully saturated rings. The third-order valence-corrected chi connectivity index (χ3v) is 4.63. The molecule has 1 heterocycles. The quantitative estimate of drug-likeness (QED) is 0.882. The van der Waals surface area contributed by atoms with E-state index in [0.29, 0.717) is 6.04 Å². The van der Waals surface area contributed by atoms with Gasteiger partial charge in [0.15, 0.2) is 0 Å². The van der Waals surface area contributed by atoms with Crippen LogP contribution in [-0.2, 0) is 4.79 Å². The molecule has 1 aromatic rings. The lowest BCUT2D eigenvalue weighted by atomic mass is 9.91. The molecule has 0 spiro atoms. The maximum Gasteiger partial charge on any atom is 0.245 e. The van der Waals surface area contributed by atoms with Gasteiger partial charge in [-0.25, -0.2) is 0 Å². The third kappa shape index (κ3) is 1.73. The van der Waals surface area contributed by atoms with Crippen LogP contribution in [0.2, 0.25) is 0 Å². The zero-order valence-electron chi connectivity index (χ0n) is 10.2. The number of carbonyl (C=O) groups excluding carboxylic acids is 1. The summed E-state index contributed by atoms with van der Waals surface area (Å²) in [7, 11) is 2.10. The van der Waals surface area contributed by atoms with Crippen LogP contribution in [0.3, 0.4) is 0 Å². The van der Waals surface area contributed by atoms with E-state index in [9.17, 15) is 4.79 Å². The lowest BCUT2D eigenvalue weighted by Crippen LogP contribution is -2.37. The first-order valence-corrected chi connectivity index (χ1v) is 7.00. The van der Waals surface area contributed by atoms with Crippen molar-refractivity contribution in [1.29, 1.82) is 0 Å². The number of fused-ring (bicyclic) bond motifs is 1. The van der Waals surface area contributed by atoms with Crippen molar-refractivity contribution in [2.45, 2.75) is 31.3 Å². The van der Waals surface area contributed by atoms with Crippen LogP contribution in [0.15, 0.2) is 16.6 Å². The summed E-state index contributed by atoms with van der Waals surface area (Å²) in [6, 6.07) is 4.05. The van der Waals surface area contributed by atoms with Gasteiger partial charge in [0.1, 0.15) is 6.04 Å². The molecule has 1 aromatic carbocycles. The summed E-state index contributed by atoms with van der Waals surface area (Å²) < 4.78 is 1.00. The summed E-state index contributed by atoms with van der Waals surface area (Å²) in [5, 5.41) is 2.83. The number of carbonyl (C=O) groups is 1. The van der Waals surface area contributed by atoms with Gasteiger partial charge in [0.2, 0.25) is 5.91 Å². The normalized spacial score (nSPS) is 22.4. The standard InChI is InChI=1S/C13H16BrN3O/c1-17(7-3-2-4-7)11-6-10-8(5-9(11)14)12(15)13(18)16-10/h5-7,12H,2-4,15H2,1H3,(H,16,18). The highest BCUT2D eigenvalue weighted by Crippen LogP contribution is 2.40. The lowest BCUT2D eigenvalue weighted by Gasteiger charge is -2.37. The zero-order chi connectivity index (χ0) is 12.9. The minimum absolute atomic E-state index is 0.125. The Labute approximate surface area is 115 Å². The fourth-order valence-corrected chi connectivity index (χ4v) is 3.18. The highest BCUT2D eigenvalue weighted by Gasteiger charge is 2.30. The summed E-state index contributed by atoms with van der Waals surface area (Å²) in [5.74, 6) is -0.125. The van der Waals surface area contributed by atoms with Gasteiger partial charge in [0.25, 0.3) is 0 Å². The van der Waals surface area contributed by atoms with E-state index in [1.54, 1.807) is 0 Å². The number of nitrogens with zero attached hydrogens (tertiary/aromatic N) is 1. The van der Waals surface area contributed by atoms with Gasteiger partial charge in [-0.15, -0.1) is 0 Å². The van der Waals surface area contributed by atoms with Crippen molar-refractivity contribution in [3.8, 4) is 0 Å². The van der Waals surface area contributed by atoms with Gasteiger partial charge in [0, 0.05) is 28.8 Å². The van der Waals surface area contributed by atoms with Gasteiger partial charge >= 0.3 is 0 Å². The second-order valence-corrected chi connectivity index (χ2v) is 5.91. The summed E-state index contributed by atoms with van der Waals surface area (Å²) >= 11 is 3.58. The Morgan fingerprint density at radius 2 is 2.17 bits per heavy atom. The summed E-state index contributed by atoms with van der Waals surface area (Å²) in [6.07, 6.45) is 3.79. The van der Waals surface area contributed by atoms with E-state index in [2.05, 4.69) is 33.2 Å². The molecule has 3 rings (SSSR count). The largest absolute Gasteiger partial charge is 0.371 e. The number of anilines is 2. The van der Waals surface area contributed by atoms with Gasteiger partial charge in [-0.3, -0.25) is 4.79 Å². The van der Waals surface area contributed by atoms with Crippen LogP contribution in [0.25, 0.3) is 0 Å². The summed E-state index contributed by atoms with van der Waals surface area (Å²) in [5.41, 5.74) is 8.67. The van der Waals surface area contributed by atoms with E-state index in [-0.39, 0.29) is 5.91 Å². The maximum absolute atomic E-state index is 11.6. The van der Waals surface area contributed by atoms with E-state index < -0.39 is 6.04 Å². The highest BCUT2D eigenvalue weighted by atomic mass is 79.9. The number of halogens is 1. The highest BCUT2D eigenvalue weighted by molar-refractivity contribution is 9.10. The first-order valence-electron chi connectivity index (χ1n) is 6.20. The molecule has 4 nitrogen and oxygen atoms in total. The first kappa shape index (κ1) is 12.0. The van der Waals surface area contributed by atoms with Crippen molar-refractivity contribution in [3.63, 3.8) is 0 Å². The molecule has 18 heavy (non-hydrogen) atoms. The molecule has 5 heteroatoms. The van der Waals surface area contributed by atoms with Crippen LogP contribution in [0.4, 0.5) is 11.4 Å². The van der Waals surface area contributed by atoms with Crippen LogP contribution < -0.4 is 16.0 Å². The first-order chi connectivity index (χ1) is 8.58. The fourth-order valence-electron chi connectivity index (χ4n) is 2.54. The molecule has 1 aliphatic heterocycles. The van der Waals surface area contributed by atoms with Gasteiger partial charge in [-0.2, -0.15) is 0 Å². The lowest BCUT2D eigenvalue weighted by molar-refractivity contribution is -0.116. The topological polar surface area (TPSA) is 58.4 Å². The molecule has 0 saturated heterocycles. The molecule has 0 aromatic heterocycles. The molecule has 1 amide bonds. The smallest absolute Gasteiger partial charge is 0.245 e. The summed E-state index contributed by atoms with van der Waals surface area (Å²) in [6.45, 7) is 0. The van der Waals surface area contributed by atoms with Gasteiger partial charge in [-0.1, -0.05) is 0 Å². The monoisotopic (exact) mass is 309 g/mol. The Morgan fingerprint density at radius 1 is 1.44 bits per heavy atom. The van der Waals surface area contributed by atoms with Crippen molar-refractivity contribution in [3.05, 3.63) is 22.2 Å². The Balaban J connectivity index is 1.97. The Bertz CT molecular complexity index is 513. The van der Waals surface area contributed by atoms with Crippen LogP contribution in [0.1, 0.15) is 30.9 Å². The molecule has 1 atom stereocenters. The van der Waals surface area contributed by atoms with Gasteiger partial charge < -0.3 is 16.0 Å². The van der Waals surface area contributed by atoms with Crippen molar-refractivity contribution >= 4 is 33.2 Å². The molecule has 2 aliphatic rings. The zero-order valence-corrected chi connectivity index (χ0v) is 11.8. The number of benzene rings is 1. The van der Waals surface area contributed by atoms with Crippen LogP contribution in [0, 0.1) is 0 Å². The molecular weight excluding hydrogens is 294 g/mol. The number of amides is 1. The second kappa shape index (κ2) is 4.24. The average Bonchev–Trinajstić information content (AvgIpc) is 2.52. The van der Waals surface area contributed by atoms with Crippen molar-refractivity contribution in [2.75, 3.05) is 17.3 Å². The number of rotatable bonds is 2. The molecular formula is C13H16BrN3O. The SMILES string of the molecule is CN(c1cc2c(cc1Br)C(N)C(=O)N2)C1CCC1. The van der Waals surface area contributed by atoms with Crippen molar-refractivity contribution < 1.29 is 4.79 Å².